The van der Waals surface area contributed by atoms with Gasteiger partial charge in [-0.1, -0.05) is 12.8 Å². The molecule has 3 aliphatic rings. The molecule has 1 saturated heterocycles. The Bertz CT molecular complexity index is 343. The smallest absolute Gasteiger partial charge is 0.0664 e. The molecule has 4 nitrogen and oxygen atoms in total. The van der Waals surface area contributed by atoms with Crippen molar-refractivity contribution in [1.82, 2.24) is 5.01 Å². The lowest BCUT2D eigenvalue weighted by Crippen LogP contribution is -2.39. The van der Waals surface area contributed by atoms with E-state index in [1.165, 1.54) is 32.1 Å². The standard InChI is InChI=1S/C16H29N3O/c1-20-16-10-14(17)7-6-13(16)11-18-19-9-8-12-4-2-3-5-15(12)19/h11-16H,2-10,17H2,1H3/b18-11-. The molecule has 0 bridgehead atoms. The lowest BCUT2D eigenvalue weighted by molar-refractivity contribution is 0.0425. The number of ether oxygens (including phenoxy) is 1. The largest absolute Gasteiger partial charge is 0.381 e. The molecule has 1 aliphatic heterocycles. The topological polar surface area (TPSA) is 50.9 Å². The minimum atomic E-state index is 0.257. The Kier molecular flexibility index (Phi) is 4.61. The third-order valence-electron chi connectivity index (χ3n) is 5.57. The summed E-state index contributed by atoms with van der Waals surface area (Å²) in [5, 5.41) is 7.21. The number of fused-ring (bicyclic) bond motifs is 1. The summed E-state index contributed by atoms with van der Waals surface area (Å²) in [6.45, 7) is 1.15. The molecule has 3 rings (SSSR count). The van der Waals surface area contributed by atoms with Crippen molar-refractivity contribution in [3.05, 3.63) is 0 Å². The van der Waals surface area contributed by atoms with E-state index in [9.17, 15) is 0 Å². The van der Waals surface area contributed by atoms with E-state index in [1.54, 1.807) is 7.11 Å². The lowest BCUT2D eigenvalue weighted by atomic mass is 9.84. The molecule has 1 heterocycles. The van der Waals surface area contributed by atoms with Crippen LogP contribution in [0.25, 0.3) is 0 Å². The van der Waals surface area contributed by atoms with Gasteiger partial charge in [-0.05, 0) is 44.4 Å². The predicted octanol–water partition coefficient (Wildman–Crippen LogP) is 2.38. The molecule has 4 heteroatoms. The third kappa shape index (κ3) is 3.01. The second-order valence-corrected chi connectivity index (χ2v) is 6.84. The molecule has 0 amide bonds. The number of nitrogens with zero attached hydrogens (tertiary/aromatic N) is 2. The Morgan fingerprint density at radius 1 is 1.15 bits per heavy atom. The minimum Gasteiger partial charge on any atom is -0.381 e. The summed E-state index contributed by atoms with van der Waals surface area (Å²) in [5.41, 5.74) is 6.03. The van der Waals surface area contributed by atoms with E-state index in [0.717, 1.165) is 31.7 Å². The predicted molar refractivity (Wildman–Crippen MR) is 81.7 cm³/mol. The van der Waals surface area contributed by atoms with Crippen molar-refractivity contribution in [3.8, 4) is 0 Å². The Balaban J connectivity index is 1.59. The molecule has 0 aromatic rings. The quantitative estimate of drug-likeness (QED) is 0.807. The average Bonchev–Trinajstić information content (AvgIpc) is 2.89. The monoisotopic (exact) mass is 279 g/mol. The summed E-state index contributed by atoms with van der Waals surface area (Å²) in [6, 6.07) is 1.02. The van der Waals surface area contributed by atoms with E-state index >= 15 is 0 Å². The zero-order chi connectivity index (χ0) is 13.9. The van der Waals surface area contributed by atoms with Crippen molar-refractivity contribution >= 4 is 6.21 Å². The molecule has 2 aliphatic carbocycles. The van der Waals surface area contributed by atoms with Gasteiger partial charge in [0.1, 0.15) is 0 Å². The van der Waals surface area contributed by atoms with Crippen LogP contribution in [-0.2, 0) is 4.74 Å². The molecule has 0 aromatic carbocycles. The average molecular weight is 279 g/mol. The second kappa shape index (κ2) is 6.44. The van der Waals surface area contributed by atoms with E-state index in [4.69, 9.17) is 15.6 Å². The van der Waals surface area contributed by atoms with Crippen LogP contribution in [0.5, 0.6) is 0 Å². The number of hydrazone groups is 1. The number of methoxy groups -OCH3 is 1. The van der Waals surface area contributed by atoms with Gasteiger partial charge in [0, 0.05) is 37.9 Å². The Labute approximate surface area is 122 Å². The molecular weight excluding hydrogens is 250 g/mol. The van der Waals surface area contributed by atoms with Crippen molar-refractivity contribution < 1.29 is 4.74 Å². The molecule has 2 saturated carbocycles. The van der Waals surface area contributed by atoms with Gasteiger partial charge in [0.25, 0.3) is 0 Å². The van der Waals surface area contributed by atoms with E-state index in [2.05, 4.69) is 11.2 Å². The fraction of sp³-hybridized carbons (Fsp3) is 0.938. The summed E-state index contributed by atoms with van der Waals surface area (Å²) >= 11 is 0. The van der Waals surface area contributed by atoms with Crippen molar-refractivity contribution in [2.24, 2.45) is 22.7 Å². The zero-order valence-electron chi connectivity index (χ0n) is 12.7. The summed E-state index contributed by atoms with van der Waals surface area (Å²) in [4.78, 5) is 0. The first-order valence-electron chi connectivity index (χ1n) is 8.37. The normalized spacial score (nSPS) is 42.1. The van der Waals surface area contributed by atoms with Gasteiger partial charge in [-0.25, -0.2) is 0 Å². The SMILES string of the molecule is COC1CC(N)CCC1/C=N\N1CCC2CCCCC21. The maximum absolute atomic E-state index is 6.03. The first kappa shape index (κ1) is 14.3. The Morgan fingerprint density at radius 2 is 2.00 bits per heavy atom. The Hall–Kier alpha value is -0.610. The fourth-order valence-electron chi connectivity index (χ4n) is 4.32. The lowest BCUT2D eigenvalue weighted by Gasteiger charge is -2.33. The highest BCUT2D eigenvalue weighted by molar-refractivity contribution is 5.61. The van der Waals surface area contributed by atoms with Crippen LogP contribution < -0.4 is 5.73 Å². The van der Waals surface area contributed by atoms with Gasteiger partial charge in [-0.15, -0.1) is 0 Å². The Morgan fingerprint density at radius 3 is 2.85 bits per heavy atom. The summed E-state index contributed by atoms with van der Waals surface area (Å²) in [6.07, 6.45) is 12.5. The molecule has 5 unspecified atom stereocenters. The van der Waals surface area contributed by atoms with E-state index in [-0.39, 0.29) is 6.10 Å². The number of hydrogen-bond donors (Lipinski definition) is 1. The molecule has 0 radical (unpaired) electrons. The van der Waals surface area contributed by atoms with Crippen LogP contribution in [0.4, 0.5) is 0 Å². The first-order chi connectivity index (χ1) is 9.78. The second-order valence-electron chi connectivity index (χ2n) is 6.84. The van der Waals surface area contributed by atoms with E-state index in [1.807, 2.05) is 0 Å². The van der Waals surface area contributed by atoms with Gasteiger partial charge >= 0.3 is 0 Å². The highest BCUT2D eigenvalue weighted by Gasteiger charge is 2.35. The van der Waals surface area contributed by atoms with Crippen molar-refractivity contribution in [2.45, 2.75) is 69.6 Å². The minimum absolute atomic E-state index is 0.257. The third-order valence-corrected chi connectivity index (χ3v) is 5.57. The van der Waals surface area contributed by atoms with Crippen LogP contribution in [0.3, 0.4) is 0 Å². The molecule has 0 aromatic heterocycles. The first-order valence-corrected chi connectivity index (χ1v) is 8.37. The van der Waals surface area contributed by atoms with Gasteiger partial charge in [-0.3, -0.25) is 5.01 Å². The van der Waals surface area contributed by atoms with Gasteiger partial charge in [0.05, 0.1) is 6.10 Å². The maximum Gasteiger partial charge on any atom is 0.0664 e. The number of rotatable bonds is 3. The van der Waals surface area contributed by atoms with Gasteiger partial charge < -0.3 is 10.5 Å². The summed E-state index contributed by atoms with van der Waals surface area (Å²) < 4.78 is 5.61. The molecule has 0 spiro atoms. The number of hydrogen-bond acceptors (Lipinski definition) is 4. The zero-order valence-corrected chi connectivity index (χ0v) is 12.7. The van der Waals surface area contributed by atoms with Crippen LogP contribution in [0.1, 0.15) is 51.4 Å². The van der Waals surface area contributed by atoms with Gasteiger partial charge in [-0.2, -0.15) is 5.10 Å². The van der Waals surface area contributed by atoms with Gasteiger partial charge in [0.15, 0.2) is 0 Å². The van der Waals surface area contributed by atoms with Crippen LogP contribution in [0.15, 0.2) is 5.10 Å². The van der Waals surface area contributed by atoms with Crippen molar-refractivity contribution in [3.63, 3.8) is 0 Å². The highest BCUT2D eigenvalue weighted by Crippen LogP contribution is 2.36. The van der Waals surface area contributed by atoms with E-state index in [0.29, 0.717) is 18.0 Å². The molecule has 20 heavy (non-hydrogen) atoms. The summed E-state index contributed by atoms with van der Waals surface area (Å²) in [5.74, 6) is 1.35. The van der Waals surface area contributed by atoms with Crippen LogP contribution >= 0.6 is 0 Å². The van der Waals surface area contributed by atoms with E-state index < -0.39 is 0 Å². The maximum atomic E-state index is 6.03. The summed E-state index contributed by atoms with van der Waals surface area (Å²) in [7, 11) is 1.80. The van der Waals surface area contributed by atoms with Crippen LogP contribution in [0.2, 0.25) is 0 Å². The van der Waals surface area contributed by atoms with Crippen molar-refractivity contribution in [1.29, 1.82) is 0 Å². The molecule has 3 fully saturated rings. The van der Waals surface area contributed by atoms with Gasteiger partial charge in [0.2, 0.25) is 0 Å². The fourth-order valence-corrected chi connectivity index (χ4v) is 4.32. The van der Waals surface area contributed by atoms with Crippen molar-refractivity contribution in [2.75, 3.05) is 13.7 Å². The molecule has 5 atom stereocenters. The molecule has 2 N–H and O–H groups in total. The molecular formula is C16H29N3O. The van der Waals surface area contributed by atoms with Crippen LogP contribution in [-0.4, -0.2) is 43.1 Å². The number of nitrogens with two attached hydrogens (primary N) is 1. The highest BCUT2D eigenvalue weighted by atomic mass is 16.5. The molecule has 114 valence electrons. The van der Waals surface area contributed by atoms with Crippen LogP contribution in [0, 0.1) is 11.8 Å².